The number of nitrogens with zero attached hydrogens (tertiary/aromatic N) is 4. The zero-order chi connectivity index (χ0) is 13.3. The van der Waals surface area contributed by atoms with Gasteiger partial charge in [0.15, 0.2) is 5.82 Å². The highest BCUT2D eigenvalue weighted by Crippen LogP contribution is 2.09. The first-order valence-corrected chi connectivity index (χ1v) is 5.43. The number of aryl methyl sites for hydroxylation is 2. The summed E-state index contributed by atoms with van der Waals surface area (Å²) in [5.41, 5.74) is 2.18. The monoisotopic (exact) mass is 240 g/mol. The number of rotatable bonds is 3. The summed E-state index contributed by atoms with van der Waals surface area (Å²) < 4.78 is 1.57. The number of nitrogens with one attached hydrogen (secondary N) is 2. The van der Waals surface area contributed by atoms with E-state index in [1.54, 1.807) is 23.9 Å². The first-order valence-electron chi connectivity index (χ1n) is 5.43. The third kappa shape index (κ3) is 2.39. The van der Waals surface area contributed by atoms with Crippen molar-refractivity contribution in [2.75, 3.05) is 0 Å². The van der Waals surface area contributed by atoms with Gasteiger partial charge in [-0.15, -0.1) is 0 Å². The summed E-state index contributed by atoms with van der Waals surface area (Å²) in [7, 11) is 7.33. The molecule has 0 bridgehead atoms. The Balaban J connectivity index is 2.28. The predicted molar refractivity (Wildman–Crippen MR) is 70.2 cm³/mol. The van der Waals surface area contributed by atoms with Crippen LogP contribution in [0.4, 0.5) is 0 Å². The summed E-state index contributed by atoms with van der Waals surface area (Å²) >= 11 is 0. The fraction of sp³-hybridized carbons (Fsp3) is 0.273. The molecule has 6 nitrogen and oxygen atoms in total. The molecule has 2 aromatic rings. The zero-order valence-corrected chi connectivity index (χ0v) is 10.5. The molecule has 0 aromatic carbocycles. The molecule has 7 heteroatoms. The third-order valence-electron chi connectivity index (χ3n) is 2.49. The molecule has 0 saturated heterocycles. The molecule has 0 unspecified atom stereocenters. The van der Waals surface area contributed by atoms with Crippen molar-refractivity contribution >= 4 is 24.7 Å². The molecular weight excluding hydrogens is 227 g/mol. The van der Waals surface area contributed by atoms with Crippen molar-refractivity contribution in [3.05, 3.63) is 29.5 Å². The van der Waals surface area contributed by atoms with Crippen LogP contribution in [0.1, 0.15) is 24.3 Å². The van der Waals surface area contributed by atoms with Gasteiger partial charge in [0.25, 0.3) is 0 Å². The molecule has 0 atom stereocenters. The average Bonchev–Trinajstić information content (AvgIpc) is 2.84. The minimum Gasteiger partial charge on any atom is -0.299 e. The van der Waals surface area contributed by atoms with Crippen molar-refractivity contribution in [3.63, 3.8) is 0 Å². The molecule has 0 aliphatic heterocycles. The molecule has 0 aliphatic carbocycles. The Morgan fingerprint density at radius 3 is 2.78 bits per heavy atom. The van der Waals surface area contributed by atoms with Gasteiger partial charge < -0.3 is 0 Å². The molecule has 2 rings (SSSR count). The molecule has 2 N–H and O–H groups in total. The van der Waals surface area contributed by atoms with E-state index in [0.29, 0.717) is 22.8 Å². The topological polar surface area (TPSA) is 83.2 Å². The number of aromatic nitrogens is 5. The standard InChI is InChI=1S/C11H13BN6/c1-6(11-14-7(2)15-16-11)4-8(13)9-5-10(12)17-18(9)3/h4-5,13H,1-3H3,(H,14,15,16)/b6-4-,13-8?. The normalized spacial score (nSPS) is 11.8. The van der Waals surface area contributed by atoms with Crippen LogP contribution < -0.4 is 5.59 Å². The molecule has 0 aliphatic rings. The van der Waals surface area contributed by atoms with Gasteiger partial charge in [0, 0.05) is 12.6 Å². The summed E-state index contributed by atoms with van der Waals surface area (Å²) in [6.07, 6.45) is 1.69. The minimum atomic E-state index is 0.321. The van der Waals surface area contributed by atoms with Crippen molar-refractivity contribution in [1.82, 2.24) is 25.0 Å². The van der Waals surface area contributed by atoms with E-state index in [2.05, 4.69) is 20.3 Å². The predicted octanol–water partition coefficient (Wildman–Crippen LogP) is 0.112. The number of allylic oxidation sites excluding steroid dienone is 2. The van der Waals surface area contributed by atoms with Crippen LogP contribution in [0.5, 0.6) is 0 Å². The second-order valence-corrected chi connectivity index (χ2v) is 4.06. The fourth-order valence-electron chi connectivity index (χ4n) is 1.62. The first kappa shape index (κ1) is 12.3. The van der Waals surface area contributed by atoms with Crippen molar-refractivity contribution < 1.29 is 0 Å². The Labute approximate surface area is 106 Å². The lowest BCUT2D eigenvalue weighted by Crippen LogP contribution is -2.06. The van der Waals surface area contributed by atoms with Gasteiger partial charge in [0.2, 0.25) is 0 Å². The lowest BCUT2D eigenvalue weighted by atomic mass is 10.0. The first-order chi connectivity index (χ1) is 8.47. The highest BCUT2D eigenvalue weighted by atomic mass is 15.3. The highest BCUT2D eigenvalue weighted by molar-refractivity contribution is 6.31. The summed E-state index contributed by atoms with van der Waals surface area (Å²) in [6, 6.07) is 1.66. The van der Waals surface area contributed by atoms with Crippen molar-refractivity contribution in [1.29, 1.82) is 5.41 Å². The quantitative estimate of drug-likeness (QED) is 0.590. The van der Waals surface area contributed by atoms with Gasteiger partial charge in [-0.3, -0.25) is 15.2 Å². The summed E-state index contributed by atoms with van der Waals surface area (Å²) in [5, 5.41) is 18.8. The Morgan fingerprint density at radius 1 is 1.56 bits per heavy atom. The lowest BCUT2D eigenvalue weighted by molar-refractivity contribution is 0.767. The van der Waals surface area contributed by atoms with E-state index in [1.807, 2.05) is 13.8 Å². The number of H-pyrrole nitrogens is 1. The number of hydrogen-bond acceptors (Lipinski definition) is 4. The van der Waals surface area contributed by atoms with Crippen molar-refractivity contribution in [2.24, 2.45) is 7.05 Å². The van der Waals surface area contributed by atoms with Gasteiger partial charge in [-0.2, -0.15) is 10.2 Å². The molecule has 0 spiro atoms. The van der Waals surface area contributed by atoms with Crippen LogP contribution in [0.3, 0.4) is 0 Å². The van der Waals surface area contributed by atoms with Gasteiger partial charge in [-0.05, 0) is 31.6 Å². The van der Waals surface area contributed by atoms with E-state index in [0.717, 1.165) is 11.4 Å². The lowest BCUT2D eigenvalue weighted by Gasteiger charge is -2.00. The van der Waals surface area contributed by atoms with Gasteiger partial charge in [-0.1, -0.05) is 0 Å². The Bertz CT molecular complexity index is 621. The second-order valence-electron chi connectivity index (χ2n) is 4.06. The van der Waals surface area contributed by atoms with Crippen LogP contribution >= 0.6 is 0 Å². The maximum atomic E-state index is 8.01. The maximum absolute atomic E-state index is 8.01. The highest BCUT2D eigenvalue weighted by Gasteiger charge is 2.08. The summed E-state index contributed by atoms with van der Waals surface area (Å²) in [6.45, 7) is 3.69. The fourth-order valence-corrected chi connectivity index (χ4v) is 1.62. The van der Waals surface area contributed by atoms with Crippen LogP contribution in [0, 0.1) is 12.3 Å². The van der Waals surface area contributed by atoms with Crippen LogP contribution in [-0.2, 0) is 7.05 Å². The van der Waals surface area contributed by atoms with Crippen LogP contribution in [0.25, 0.3) is 5.57 Å². The molecule has 18 heavy (non-hydrogen) atoms. The van der Waals surface area contributed by atoms with E-state index < -0.39 is 0 Å². The van der Waals surface area contributed by atoms with Gasteiger partial charge in [0.05, 0.1) is 11.4 Å². The summed E-state index contributed by atoms with van der Waals surface area (Å²) in [5.74, 6) is 1.33. The molecule has 0 saturated carbocycles. The second kappa shape index (κ2) is 4.60. The van der Waals surface area contributed by atoms with Crippen molar-refractivity contribution in [2.45, 2.75) is 13.8 Å². The Kier molecular flexibility index (Phi) is 3.14. The Morgan fingerprint density at radius 2 is 2.28 bits per heavy atom. The van der Waals surface area contributed by atoms with E-state index in [9.17, 15) is 0 Å². The summed E-state index contributed by atoms with van der Waals surface area (Å²) in [4.78, 5) is 4.21. The van der Waals surface area contributed by atoms with E-state index in [4.69, 9.17) is 13.3 Å². The third-order valence-corrected chi connectivity index (χ3v) is 2.49. The molecular formula is C11H13BN6. The smallest absolute Gasteiger partial charge is 0.176 e. The molecule has 2 aromatic heterocycles. The van der Waals surface area contributed by atoms with E-state index in [1.165, 1.54) is 0 Å². The van der Waals surface area contributed by atoms with Gasteiger partial charge in [-0.25, -0.2) is 4.98 Å². The van der Waals surface area contributed by atoms with Gasteiger partial charge >= 0.3 is 0 Å². The minimum absolute atomic E-state index is 0.321. The average molecular weight is 240 g/mol. The van der Waals surface area contributed by atoms with Crippen molar-refractivity contribution in [3.8, 4) is 0 Å². The number of hydrogen-bond donors (Lipinski definition) is 2. The molecule has 90 valence electrons. The van der Waals surface area contributed by atoms with Gasteiger partial charge in [0.1, 0.15) is 13.7 Å². The van der Waals surface area contributed by atoms with E-state index in [-0.39, 0.29) is 0 Å². The largest absolute Gasteiger partial charge is 0.299 e. The van der Waals surface area contributed by atoms with Crippen LogP contribution in [0.2, 0.25) is 0 Å². The van der Waals surface area contributed by atoms with E-state index >= 15 is 0 Å². The Hall–Kier alpha value is -2.18. The molecule has 0 fully saturated rings. The molecule has 2 radical (unpaired) electrons. The number of aromatic amines is 1. The maximum Gasteiger partial charge on any atom is 0.176 e. The molecule has 0 amide bonds. The van der Waals surface area contributed by atoms with Crippen LogP contribution in [0.15, 0.2) is 12.1 Å². The zero-order valence-electron chi connectivity index (χ0n) is 10.5. The van der Waals surface area contributed by atoms with Crippen LogP contribution in [-0.4, -0.2) is 38.5 Å². The SMILES string of the molecule is [B]c1cc(C(=N)/C=C(/C)c2n[nH]c(C)n2)n(C)n1. The molecule has 2 heterocycles.